The zero-order valence-corrected chi connectivity index (χ0v) is 21.5. The van der Waals surface area contributed by atoms with Crippen molar-refractivity contribution in [2.45, 2.75) is 59.6 Å². The van der Waals surface area contributed by atoms with E-state index in [1.165, 1.54) is 4.90 Å². The summed E-state index contributed by atoms with van der Waals surface area (Å²) >= 11 is 0. The van der Waals surface area contributed by atoms with Gasteiger partial charge in [0.2, 0.25) is 11.8 Å². The van der Waals surface area contributed by atoms with Crippen molar-refractivity contribution < 1.29 is 14.3 Å². The second-order valence-corrected chi connectivity index (χ2v) is 10.1. The fraction of sp³-hybridized carbons (Fsp3) is 0.393. The first kappa shape index (κ1) is 26.2. The molecule has 0 aliphatic heterocycles. The van der Waals surface area contributed by atoms with Crippen LogP contribution in [-0.2, 0) is 26.3 Å². The van der Waals surface area contributed by atoms with Gasteiger partial charge in [0, 0.05) is 17.5 Å². The van der Waals surface area contributed by atoms with Crippen molar-refractivity contribution >= 4 is 17.6 Å². The van der Waals surface area contributed by atoms with Crippen LogP contribution >= 0.6 is 0 Å². The Labute approximate surface area is 208 Å². The lowest BCUT2D eigenvalue weighted by Crippen LogP contribution is -2.44. The summed E-state index contributed by atoms with van der Waals surface area (Å²) in [6.45, 7) is 12.2. The fourth-order valence-electron chi connectivity index (χ4n) is 3.53. The summed E-state index contributed by atoms with van der Waals surface area (Å²) in [5.41, 5.74) is 3.66. The molecule has 186 valence electrons. The van der Waals surface area contributed by atoms with E-state index < -0.39 is 0 Å². The smallest absolute Gasteiger partial charge is 0.249 e. The Kier molecular flexibility index (Phi) is 8.46. The van der Waals surface area contributed by atoms with Gasteiger partial charge in [-0.15, -0.1) is 0 Å². The molecule has 0 aliphatic rings. The van der Waals surface area contributed by atoms with Crippen molar-refractivity contribution in [3.8, 4) is 5.69 Å². The van der Waals surface area contributed by atoms with E-state index in [0.717, 1.165) is 22.5 Å². The van der Waals surface area contributed by atoms with Gasteiger partial charge >= 0.3 is 0 Å². The van der Waals surface area contributed by atoms with Crippen molar-refractivity contribution in [2.75, 3.05) is 18.5 Å². The summed E-state index contributed by atoms with van der Waals surface area (Å²) < 4.78 is 7.34. The van der Waals surface area contributed by atoms with E-state index in [0.29, 0.717) is 12.4 Å². The zero-order valence-electron chi connectivity index (χ0n) is 21.5. The van der Waals surface area contributed by atoms with Crippen LogP contribution in [0.1, 0.15) is 51.4 Å². The van der Waals surface area contributed by atoms with Crippen molar-refractivity contribution in [1.29, 1.82) is 0 Å². The molecule has 0 fully saturated rings. The van der Waals surface area contributed by atoms with Crippen molar-refractivity contribution in [2.24, 2.45) is 0 Å². The van der Waals surface area contributed by atoms with Crippen LogP contribution < -0.4 is 5.32 Å². The zero-order chi connectivity index (χ0) is 25.6. The van der Waals surface area contributed by atoms with Crippen LogP contribution in [0.25, 0.3) is 5.69 Å². The minimum absolute atomic E-state index is 0.0743. The first-order valence-corrected chi connectivity index (χ1v) is 11.9. The number of anilines is 1. The highest BCUT2D eigenvalue weighted by atomic mass is 16.5. The molecule has 2 amide bonds. The van der Waals surface area contributed by atoms with Gasteiger partial charge in [0.15, 0.2) is 0 Å². The Morgan fingerprint density at radius 2 is 1.71 bits per heavy atom. The highest BCUT2D eigenvalue weighted by Crippen LogP contribution is 2.26. The van der Waals surface area contributed by atoms with E-state index in [1.807, 2.05) is 81.4 Å². The molecule has 0 bridgehead atoms. The van der Waals surface area contributed by atoms with Crippen LogP contribution in [-0.4, -0.2) is 45.7 Å². The van der Waals surface area contributed by atoms with E-state index in [-0.39, 0.29) is 36.4 Å². The number of carbonyl (C=O) groups excluding carboxylic acids is 2. The Hall–Kier alpha value is -3.45. The molecule has 0 radical (unpaired) electrons. The maximum absolute atomic E-state index is 13.0. The van der Waals surface area contributed by atoms with Gasteiger partial charge in [0.25, 0.3) is 0 Å². The molecule has 0 saturated carbocycles. The number of rotatable bonds is 9. The molecule has 0 aliphatic carbocycles. The summed E-state index contributed by atoms with van der Waals surface area (Å²) in [5.74, 6) is 0.0533. The molecular weight excluding hydrogens is 440 g/mol. The van der Waals surface area contributed by atoms with Crippen molar-refractivity contribution in [1.82, 2.24) is 14.7 Å². The SMILES string of the molecule is Cc1ccc(-n2nc(C(C)(C)C)cc2NC(=O)CN(C(=O)COCc2ccccc2)C(C)C)cc1. The van der Waals surface area contributed by atoms with Crippen LogP contribution in [0.15, 0.2) is 60.7 Å². The highest BCUT2D eigenvalue weighted by Gasteiger charge is 2.24. The van der Waals surface area contributed by atoms with E-state index in [9.17, 15) is 9.59 Å². The summed E-state index contributed by atoms with van der Waals surface area (Å²) in [7, 11) is 0. The van der Waals surface area contributed by atoms with Gasteiger partial charge in [-0.1, -0.05) is 68.8 Å². The second kappa shape index (κ2) is 11.3. The predicted octanol–water partition coefficient (Wildman–Crippen LogP) is 4.87. The summed E-state index contributed by atoms with van der Waals surface area (Å²) in [4.78, 5) is 27.4. The van der Waals surface area contributed by atoms with E-state index in [4.69, 9.17) is 9.84 Å². The van der Waals surface area contributed by atoms with E-state index in [1.54, 1.807) is 4.68 Å². The molecule has 7 heteroatoms. The average molecular weight is 477 g/mol. The molecule has 3 aromatic rings. The molecule has 7 nitrogen and oxygen atoms in total. The third kappa shape index (κ3) is 7.26. The summed E-state index contributed by atoms with van der Waals surface area (Å²) in [5, 5.41) is 7.72. The Morgan fingerprint density at radius 3 is 2.31 bits per heavy atom. The molecule has 1 N–H and O–H groups in total. The Balaban J connectivity index is 1.70. The number of hydrogen-bond donors (Lipinski definition) is 1. The largest absolute Gasteiger partial charge is 0.367 e. The van der Waals surface area contributed by atoms with Crippen LogP contribution in [0.2, 0.25) is 0 Å². The molecule has 0 spiro atoms. The number of amides is 2. The van der Waals surface area contributed by atoms with Gasteiger partial charge in [-0.3, -0.25) is 9.59 Å². The number of ether oxygens (including phenoxy) is 1. The molecule has 0 saturated heterocycles. The maximum Gasteiger partial charge on any atom is 0.249 e. The minimum Gasteiger partial charge on any atom is -0.367 e. The highest BCUT2D eigenvalue weighted by molar-refractivity contribution is 5.94. The Morgan fingerprint density at radius 1 is 1.06 bits per heavy atom. The number of hydrogen-bond acceptors (Lipinski definition) is 4. The van der Waals surface area contributed by atoms with Gasteiger partial charge in [-0.05, 0) is 38.5 Å². The lowest BCUT2D eigenvalue weighted by atomic mass is 9.92. The maximum atomic E-state index is 13.0. The van der Waals surface area contributed by atoms with Gasteiger partial charge < -0.3 is 15.0 Å². The number of nitrogens with zero attached hydrogens (tertiary/aromatic N) is 3. The van der Waals surface area contributed by atoms with Crippen LogP contribution in [0.4, 0.5) is 5.82 Å². The van der Waals surface area contributed by atoms with Crippen LogP contribution in [0.5, 0.6) is 0 Å². The standard InChI is InChI=1S/C28H36N4O3/c1-20(2)31(27(34)19-35-18-22-10-8-7-9-11-22)17-26(33)29-25-16-24(28(4,5)6)30-32(25)23-14-12-21(3)13-15-23/h7-16,20H,17-19H2,1-6H3,(H,29,33). The van der Waals surface area contributed by atoms with Crippen LogP contribution in [0, 0.1) is 6.92 Å². The van der Waals surface area contributed by atoms with Gasteiger partial charge in [0.05, 0.1) is 18.0 Å². The first-order valence-electron chi connectivity index (χ1n) is 11.9. The molecule has 0 atom stereocenters. The monoisotopic (exact) mass is 476 g/mol. The number of nitrogens with one attached hydrogen (secondary N) is 1. The third-order valence-corrected chi connectivity index (χ3v) is 5.62. The van der Waals surface area contributed by atoms with Crippen LogP contribution in [0.3, 0.4) is 0 Å². The van der Waals surface area contributed by atoms with Gasteiger partial charge in [-0.25, -0.2) is 4.68 Å². The molecule has 1 heterocycles. The normalized spacial score (nSPS) is 11.5. The number of carbonyl (C=O) groups is 2. The van der Waals surface area contributed by atoms with Crippen molar-refractivity contribution in [3.05, 3.63) is 77.5 Å². The molecule has 1 aromatic heterocycles. The molecular formula is C28H36N4O3. The van der Waals surface area contributed by atoms with Crippen molar-refractivity contribution in [3.63, 3.8) is 0 Å². The molecule has 2 aromatic carbocycles. The summed E-state index contributed by atoms with van der Waals surface area (Å²) in [6.07, 6.45) is 0. The van der Waals surface area contributed by atoms with E-state index >= 15 is 0 Å². The minimum atomic E-state index is -0.288. The molecule has 3 rings (SSSR count). The lowest BCUT2D eigenvalue weighted by Gasteiger charge is -2.26. The van der Waals surface area contributed by atoms with E-state index in [2.05, 4.69) is 26.1 Å². The first-order chi connectivity index (χ1) is 16.5. The number of benzene rings is 2. The molecule has 0 unspecified atom stereocenters. The Bertz CT molecular complexity index is 1130. The summed E-state index contributed by atoms with van der Waals surface area (Å²) in [6, 6.07) is 19.4. The fourth-order valence-corrected chi connectivity index (χ4v) is 3.53. The topological polar surface area (TPSA) is 76.5 Å². The quantitative estimate of drug-likeness (QED) is 0.478. The lowest BCUT2D eigenvalue weighted by molar-refractivity contribution is -0.141. The number of aryl methyl sites for hydroxylation is 1. The van der Waals surface area contributed by atoms with Gasteiger partial charge in [0.1, 0.15) is 19.0 Å². The third-order valence-electron chi connectivity index (χ3n) is 5.62. The van der Waals surface area contributed by atoms with Gasteiger partial charge in [-0.2, -0.15) is 5.10 Å². The number of aromatic nitrogens is 2. The predicted molar refractivity (Wildman–Crippen MR) is 139 cm³/mol. The average Bonchev–Trinajstić information content (AvgIpc) is 3.22. The second-order valence-electron chi connectivity index (χ2n) is 10.1. The molecule has 35 heavy (non-hydrogen) atoms.